The summed E-state index contributed by atoms with van der Waals surface area (Å²) in [6, 6.07) is 7.67. The second-order valence-electron chi connectivity index (χ2n) is 4.16. The third kappa shape index (κ3) is 4.15. The van der Waals surface area contributed by atoms with Crippen molar-refractivity contribution >= 4 is 5.78 Å². The minimum absolute atomic E-state index is 0.290. The van der Waals surface area contributed by atoms with E-state index >= 15 is 0 Å². The molecule has 0 aliphatic rings. The fraction of sp³-hybridized carbons (Fsp3) is 0.462. The number of hydrogen-bond acceptors (Lipinski definition) is 2. The van der Waals surface area contributed by atoms with E-state index in [-0.39, 0.29) is 0 Å². The lowest BCUT2D eigenvalue weighted by Crippen LogP contribution is -2.06. The monoisotopic (exact) mass is 206 g/mol. The van der Waals surface area contributed by atoms with Crippen LogP contribution in [0.2, 0.25) is 0 Å². The molecule has 82 valence electrons. The van der Waals surface area contributed by atoms with E-state index in [0.29, 0.717) is 24.5 Å². The highest BCUT2D eigenvalue weighted by Gasteiger charge is 2.06. The van der Waals surface area contributed by atoms with Gasteiger partial charge in [-0.2, -0.15) is 0 Å². The van der Waals surface area contributed by atoms with Crippen LogP contribution in [0.15, 0.2) is 24.3 Å². The van der Waals surface area contributed by atoms with Gasteiger partial charge in [0, 0.05) is 12.8 Å². The highest BCUT2D eigenvalue weighted by Crippen LogP contribution is 2.14. The Bertz CT molecular complexity index is 329. The van der Waals surface area contributed by atoms with Crippen molar-refractivity contribution in [3.8, 4) is 5.75 Å². The molecule has 2 heteroatoms. The molecule has 0 aliphatic heterocycles. The predicted molar refractivity (Wildman–Crippen MR) is 61.2 cm³/mol. The molecule has 0 aliphatic carbocycles. The Hall–Kier alpha value is -1.31. The van der Waals surface area contributed by atoms with E-state index < -0.39 is 0 Å². The zero-order chi connectivity index (χ0) is 11.3. The summed E-state index contributed by atoms with van der Waals surface area (Å²) in [5, 5.41) is 0. The van der Waals surface area contributed by atoms with Crippen LogP contribution in [0.5, 0.6) is 5.75 Å². The zero-order valence-corrected chi connectivity index (χ0v) is 9.62. The van der Waals surface area contributed by atoms with Crippen LogP contribution in [-0.2, 0) is 11.2 Å². The van der Waals surface area contributed by atoms with Crippen molar-refractivity contribution in [2.24, 2.45) is 5.92 Å². The van der Waals surface area contributed by atoms with Gasteiger partial charge >= 0.3 is 0 Å². The first-order valence-electron chi connectivity index (χ1n) is 5.26. The maximum Gasteiger partial charge on any atom is 0.137 e. The van der Waals surface area contributed by atoms with Crippen molar-refractivity contribution in [2.45, 2.75) is 26.7 Å². The summed E-state index contributed by atoms with van der Waals surface area (Å²) in [5.74, 6) is 1.53. The standard InChI is InChI=1S/C13H18O2/c1-10(2)7-12(14)8-11-5-4-6-13(9-11)15-3/h4-6,9-10H,7-8H2,1-3H3. The van der Waals surface area contributed by atoms with Gasteiger partial charge in [-0.05, 0) is 23.6 Å². The molecule has 0 N–H and O–H groups in total. The minimum atomic E-state index is 0.290. The van der Waals surface area contributed by atoms with E-state index in [2.05, 4.69) is 13.8 Å². The molecule has 1 rings (SSSR count). The van der Waals surface area contributed by atoms with Crippen molar-refractivity contribution in [3.05, 3.63) is 29.8 Å². The molecule has 0 amide bonds. The third-order valence-electron chi connectivity index (χ3n) is 2.17. The Balaban J connectivity index is 2.60. The number of hydrogen-bond donors (Lipinski definition) is 0. The van der Waals surface area contributed by atoms with Gasteiger partial charge in [-0.25, -0.2) is 0 Å². The number of ether oxygens (including phenoxy) is 1. The lowest BCUT2D eigenvalue weighted by atomic mass is 10.0. The number of benzene rings is 1. The van der Waals surface area contributed by atoms with Crippen LogP contribution in [0, 0.1) is 5.92 Å². The molecule has 0 saturated heterocycles. The fourth-order valence-corrected chi connectivity index (χ4v) is 1.54. The third-order valence-corrected chi connectivity index (χ3v) is 2.17. The van der Waals surface area contributed by atoms with E-state index in [1.54, 1.807) is 7.11 Å². The summed E-state index contributed by atoms with van der Waals surface area (Å²) in [6.07, 6.45) is 1.16. The molecule has 0 radical (unpaired) electrons. The van der Waals surface area contributed by atoms with Gasteiger partial charge in [-0.1, -0.05) is 26.0 Å². The average Bonchev–Trinajstić information content (AvgIpc) is 2.16. The number of Topliss-reactive ketones (excluding diaryl/α,β-unsaturated/α-hetero) is 1. The molecule has 0 aromatic heterocycles. The number of carbonyl (C=O) groups is 1. The molecule has 0 unspecified atom stereocenters. The van der Waals surface area contributed by atoms with Gasteiger partial charge in [-0.15, -0.1) is 0 Å². The zero-order valence-electron chi connectivity index (χ0n) is 9.62. The quantitative estimate of drug-likeness (QED) is 0.740. The Morgan fingerprint density at radius 2 is 2.13 bits per heavy atom. The molecular weight excluding hydrogens is 188 g/mol. The van der Waals surface area contributed by atoms with Crippen LogP contribution in [0.4, 0.5) is 0 Å². The number of rotatable bonds is 5. The maximum atomic E-state index is 11.6. The van der Waals surface area contributed by atoms with Crippen LogP contribution >= 0.6 is 0 Å². The first-order valence-corrected chi connectivity index (χ1v) is 5.26. The second-order valence-corrected chi connectivity index (χ2v) is 4.16. The van der Waals surface area contributed by atoms with Gasteiger partial charge in [0.1, 0.15) is 11.5 Å². The molecule has 15 heavy (non-hydrogen) atoms. The summed E-state index contributed by atoms with van der Waals surface area (Å²) in [4.78, 5) is 11.6. The van der Waals surface area contributed by atoms with Crippen LogP contribution in [0.25, 0.3) is 0 Å². The number of ketones is 1. The molecular formula is C13H18O2. The van der Waals surface area contributed by atoms with Gasteiger partial charge in [0.25, 0.3) is 0 Å². The van der Waals surface area contributed by atoms with Crippen molar-refractivity contribution in [3.63, 3.8) is 0 Å². The Labute approximate surface area is 91.3 Å². The fourth-order valence-electron chi connectivity index (χ4n) is 1.54. The Morgan fingerprint density at radius 3 is 2.73 bits per heavy atom. The lowest BCUT2D eigenvalue weighted by Gasteiger charge is -2.05. The van der Waals surface area contributed by atoms with E-state index in [9.17, 15) is 4.79 Å². The molecule has 0 bridgehead atoms. The SMILES string of the molecule is COc1cccc(CC(=O)CC(C)C)c1. The first-order chi connectivity index (χ1) is 7.11. The summed E-state index contributed by atoms with van der Waals surface area (Å²) >= 11 is 0. The lowest BCUT2D eigenvalue weighted by molar-refractivity contribution is -0.119. The highest BCUT2D eigenvalue weighted by atomic mass is 16.5. The Morgan fingerprint density at radius 1 is 1.40 bits per heavy atom. The predicted octanol–water partition coefficient (Wildman–Crippen LogP) is 2.85. The van der Waals surface area contributed by atoms with Crippen LogP contribution in [-0.4, -0.2) is 12.9 Å². The van der Waals surface area contributed by atoms with Crippen LogP contribution < -0.4 is 4.74 Å². The van der Waals surface area contributed by atoms with Crippen molar-refractivity contribution in [1.82, 2.24) is 0 Å². The van der Waals surface area contributed by atoms with Crippen molar-refractivity contribution in [1.29, 1.82) is 0 Å². The molecule has 2 nitrogen and oxygen atoms in total. The van der Waals surface area contributed by atoms with Gasteiger partial charge in [0.05, 0.1) is 7.11 Å². The molecule has 0 fully saturated rings. The van der Waals surface area contributed by atoms with Gasteiger partial charge in [0.2, 0.25) is 0 Å². The first kappa shape index (κ1) is 11.8. The molecule has 1 aromatic rings. The van der Waals surface area contributed by atoms with E-state index in [0.717, 1.165) is 11.3 Å². The molecule has 0 spiro atoms. The highest BCUT2D eigenvalue weighted by molar-refractivity contribution is 5.81. The smallest absolute Gasteiger partial charge is 0.137 e. The molecule has 0 heterocycles. The normalized spacial score (nSPS) is 10.4. The van der Waals surface area contributed by atoms with Crippen LogP contribution in [0.3, 0.4) is 0 Å². The topological polar surface area (TPSA) is 26.3 Å². The number of methoxy groups -OCH3 is 1. The molecule has 0 saturated carbocycles. The van der Waals surface area contributed by atoms with Gasteiger partial charge < -0.3 is 4.74 Å². The number of carbonyl (C=O) groups excluding carboxylic acids is 1. The second kappa shape index (κ2) is 5.54. The van der Waals surface area contributed by atoms with Gasteiger partial charge in [-0.3, -0.25) is 4.79 Å². The summed E-state index contributed by atoms with van der Waals surface area (Å²) in [5.41, 5.74) is 1.03. The maximum absolute atomic E-state index is 11.6. The summed E-state index contributed by atoms with van der Waals surface area (Å²) in [6.45, 7) is 4.12. The van der Waals surface area contributed by atoms with E-state index in [4.69, 9.17) is 4.74 Å². The van der Waals surface area contributed by atoms with Crippen molar-refractivity contribution in [2.75, 3.05) is 7.11 Å². The van der Waals surface area contributed by atoms with Crippen molar-refractivity contribution < 1.29 is 9.53 Å². The molecule has 0 atom stereocenters. The van der Waals surface area contributed by atoms with Crippen LogP contribution in [0.1, 0.15) is 25.8 Å². The average molecular weight is 206 g/mol. The van der Waals surface area contributed by atoms with Gasteiger partial charge in [0.15, 0.2) is 0 Å². The minimum Gasteiger partial charge on any atom is -0.497 e. The molecule has 1 aromatic carbocycles. The largest absolute Gasteiger partial charge is 0.497 e. The van der Waals surface area contributed by atoms with E-state index in [1.165, 1.54) is 0 Å². The summed E-state index contributed by atoms with van der Waals surface area (Å²) < 4.78 is 5.11. The van der Waals surface area contributed by atoms with E-state index in [1.807, 2.05) is 24.3 Å². The Kier molecular flexibility index (Phi) is 4.35. The summed E-state index contributed by atoms with van der Waals surface area (Å²) in [7, 11) is 1.63.